The zero-order valence-electron chi connectivity index (χ0n) is 14.7. The summed E-state index contributed by atoms with van der Waals surface area (Å²) in [5.74, 6) is -1.28. The molecular weight excluding hydrogens is 342 g/mol. The van der Waals surface area contributed by atoms with Crippen LogP contribution in [0.15, 0.2) is 66.4 Å². The molecule has 3 aromatic rings. The van der Waals surface area contributed by atoms with E-state index in [-0.39, 0.29) is 12.1 Å². The molecule has 134 valence electrons. The number of aromatic nitrogens is 1. The fraction of sp³-hybridized carbons (Fsp3) is 0.0952. The molecule has 0 bridgehead atoms. The number of aryl methyl sites for hydroxylation is 1. The molecular formula is C21H17N3O3. The molecule has 1 saturated heterocycles. The van der Waals surface area contributed by atoms with Crippen LogP contribution in [0.5, 0.6) is 0 Å². The Morgan fingerprint density at radius 2 is 1.67 bits per heavy atom. The number of imide groups is 2. The number of nitrogens with one attached hydrogen (secondary N) is 1. The van der Waals surface area contributed by atoms with Crippen LogP contribution in [-0.4, -0.2) is 27.3 Å². The quantitative estimate of drug-likeness (QED) is 0.577. The van der Waals surface area contributed by atoms with Crippen LogP contribution in [0.3, 0.4) is 0 Å². The SMILES string of the molecule is Cn1cc(C=C2C(=O)NC(=O)N(Cc3ccccc3)C2=O)c2ccccc21. The Bertz CT molecular complexity index is 1100. The fourth-order valence-corrected chi connectivity index (χ4v) is 3.25. The largest absolute Gasteiger partial charge is 0.350 e. The molecule has 0 atom stereocenters. The van der Waals surface area contributed by atoms with Crippen LogP contribution in [0.4, 0.5) is 4.79 Å². The second kappa shape index (κ2) is 6.57. The zero-order chi connectivity index (χ0) is 19.0. The Balaban J connectivity index is 1.72. The van der Waals surface area contributed by atoms with Gasteiger partial charge in [0, 0.05) is 29.7 Å². The van der Waals surface area contributed by atoms with Gasteiger partial charge in [0.15, 0.2) is 0 Å². The van der Waals surface area contributed by atoms with Gasteiger partial charge in [0.05, 0.1) is 6.54 Å². The molecule has 1 aromatic heterocycles. The van der Waals surface area contributed by atoms with Gasteiger partial charge in [0.2, 0.25) is 0 Å². The highest BCUT2D eigenvalue weighted by molar-refractivity contribution is 6.31. The number of para-hydroxylation sites is 1. The van der Waals surface area contributed by atoms with Crippen molar-refractivity contribution in [3.8, 4) is 0 Å². The van der Waals surface area contributed by atoms with Gasteiger partial charge in [-0.15, -0.1) is 0 Å². The number of rotatable bonds is 3. The molecule has 0 radical (unpaired) electrons. The highest BCUT2D eigenvalue weighted by Crippen LogP contribution is 2.24. The molecule has 0 unspecified atom stereocenters. The Morgan fingerprint density at radius 1 is 0.963 bits per heavy atom. The Morgan fingerprint density at radius 3 is 2.44 bits per heavy atom. The summed E-state index contributed by atoms with van der Waals surface area (Å²) in [6, 6.07) is 16.2. The van der Waals surface area contributed by atoms with Gasteiger partial charge in [-0.1, -0.05) is 48.5 Å². The van der Waals surface area contributed by atoms with E-state index in [1.165, 1.54) is 0 Å². The zero-order valence-corrected chi connectivity index (χ0v) is 14.7. The number of fused-ring (bicyclic) bond motifs is 1. The molecule has 1 N–H and O–H groups in total. The molecule has 1 aliphatic rings. The molecule has 6 heteroatoms. The molecule has 1 aliphatic heterocycles. The number of hydrogen-bond donors (Lipinski definition) is 1. The molecule has 0 aliphatic carbocycles. The average Bonchev–Trinajstić information content (AvgIpc) is 2.99. The van der Waals surface area contributed by atoms with Gasteiger partial charge in [-0.2, -0.15) is 0 Å². The molecule has 0 saturated carbocycles. The summed E-state index contributed by atoms with van der Waals surface area (Å²) >= 11 is 0. The molecule has 2 aromatic carbocycles. The van der Waals surface area contributed by atoms with Crippen LogP contribution < -0.4 is 5.32 Å². The molecule has 4 rings (SSSR count). The number of carbonyl (C=O) groups excluding carboxylic acids is 3. The first-order chi connectivity index (χ1) is 13.0. The normalized spacial score (nSPS) is 16.3. The van der Waals surface area contributed by atoms with Gasteiger partial charge in [-0.05, 0) is 17.7 Å². The summed E-state index contributed by atoms with van der Waals surface area (Å²) in [4.78, 5) is 38.4. The maximum atomic E-state index is 12.9. The van der Waals surface area contributed by atoms with Crippen LogP contribution in [0.2, 0.25) is 0 Å². The first kappa shape index (κ1) is 16.8. The van der Waals surface area contributed by atoms with Crippen LogP contribution in [0.1, 0.15) is 11.1 Å². The predicted molar refractivity (Wildman–Crippen MR) is 101 cm³/mol. The summed E-state index contributed by atoms with van der Waals surface area (Å²) in [6.07, 6.45) is 3.40. The lowest BCUT2D eigenvalue weighted by molar-refractivity contribution is -0.130. The van der Waals surface area contributed by atoms with Gasteiger partial charge in [0.25, 0.3) is 11.8 Å². The van der Waals surface area contributed by atoms with Crippen molar-refractivity contribution in [1.29, 1.82) is 0 Å². The van der Waals surface area contributed by atoms with E-state index in [1.54, 1.807) is 6.08 Å². The summed E-state index contributed by atoms with van der Waals surface area (Å²) in [5, 5.41) is 3.19. The highest BCUT2D eigenvalue weighted by atomic mass is 16.2. The van der Waals surface area contributed by atoms with Crippen LogP contribution in [0, 0.1) is 0 Å². The minimum atomic E-state index is -0.705. The molecule has 4 amide bonds. The first-order valence-electron chi connectivity index (χ1n) is 8.51. The molecule has 2 heterocycles. The topological polar surface area (TPSA) is 71.4 Å². The van der Waals surface area contributed by atoms with Gasteiger partial charge in [-0.3, -0.25) is 19.8 Å². The van der Waals surface area contributed by atoms with Crippen molar-refractivity contribution >= 4 is 34.8 Å². The second-order valence-corrected chi connectivity index (χ2v) is 6.41. The van der Waals surface area contributed by atoms with Crippen LogP contribution >= 0.6 is 0 Å². The van der Waals surface area contributed by atoms with E-state index in [4.69, 9.17) is 0 Å². The molecule has 1 fully saturated rings. The van der Waals surface area contributed by atoms with Crippen molar-refractivity contribution in [3.63, 3.8) is 0 Å². The van der Waals surface area contributed by atoms with Crippen molar-refractivity contribution in [2.45, 2.75) is 6.54 Å². The third kappa shape index (κ3) is 3.01. The molecule has 6 nitrogen and oxygen atoms in total. The van der Waals surface area contributed by atoms with Gasteiger partial charge in [-0.25, -0.2) is 4.79 Å². The van der Waals surface area contributed by atoms with Crippen molar-refractivity contribution < 1.29 is 14.4 Å². The number of urea groups is 1. The lowest BCUT2D eigenvalue weighted by atomic mass is 10.1. The van der Waals surface area contributed by atoms with E-state index in [0.717, 1.165) is 26.9 Å². The second-order valence-electron chi connectivity index (χ2n) is 6.41. The van der Waals surface area contributed by atoms with Crippen LogP contribution in [-0.2, 0) is 23.2 Å². The maximum Gasteiger partial charge on any atom is 0.331 e. The fourth-order valence-electron chi connectivity index (χ4n) is 3.25. The van der Waals surface area contributed by atoms with E-state index in [1.807, 2.05) is 72.4 Å². The number of barbiturate groups is 1. The minimum absolute atomic E-state index is 0.0538. The monoisotopic (exact) mass is 359 g/mol. The number of hydrogen-bond acceptors (Lipinski definition) is 3. The van der Waals surface area contributed by atoms with Gasteiger partial charge in [0.1, 0.15) is 5.57 Å². The van der Waals surface area contributed by atoms with Gasteiger partial charge >= 0.3 is 6.03 Å². The molecule has 0 spiro atoms. The third-order valence-corrected chi connectivity index (χ3v) is 4.60. The smallest absolute Gasteiger partial charge is 0.331 e. The van der Waals surface area contributed by atoms with Crippen molar-refractivity contribution in [3.05, 3.63) is 77.5 Å². The van der Waals surface area contributed by atoms with E-state index in [9.17, 15) is 14.4 Å². The Hall–Kier alpha value is -3.67. The number of amides is 4. The van der Waals surface area contributed by atoms with E-state index < -0.39 is 17.8 Å². The van der Waals surface area contributed by atoms with Crippen molar-refractivity contribution in [2.75, 3.05) is 0 Å². The van der Waals surface area contributed by atoms with E-state index in [2.05, 4.69) is 5.32 Å². The molecule has 27 heavy (non-hydrogen) atoms. The Kier molecular flexibility index (Phi) is 4.08. The van der Waals surface area contributed by atoms with E-state index >= 15 is 0 Å². The van der Waals surface area contributed by atoms with E-state index in [0.29, 0.717) is 0 Å². The standard InChI is InChI=1S/C21H17N3O3/c1-23-13-15(16-9-5-6-10-18(16)23)11-17-19(25)22-21(27)24(20(17)26)12-14-7-3-2-4-8-14/h2-11,13H,12H2,1H3,(H,22,25,27). The average molecular weight is 359 g/mol. The lowest BCUT2D eigenvalue weighted by Gasteiger charge is -2.26. The lowest BCUT2D eigenvalue weighted by Crippen LogP contribution is -2.53. The van der Waals surface area contributed by atoms with Crippen molar-refractivity contribution in [2.24, 2.45) is 7.05 Å². The number of benzene rings is 2. The van der Waals surface area contributed by atoms with Crippen LogP contribution in [0.25, 0.3) is 17.0 Å². The van der Waals surface area contributed by atoms with Crippen molar-refractivity contribution in [1.82, 2.24) is 14.8 Å². The first-order valence-corrected chi connectivity index (χ1v) is 8.51. The maximum absolute atomic E-state index is 12.9. The number of nitrogens with zero attached hydrogens (tertiary/aromatic N) is 2. The minimum Gasteiger partial charge on any atom is -0.350 e. The Labute approximate surface area is 155 Å². The predicted octanol–water partition coefficient (Wildman–Crippen LogP) is 2.84. The summed E-state index contributed by atoms with van der Waals surface area (Å²) in [5.41, 5.74) is 2.49. The van der Waals surface area contributed by atoms with Gasteiger partial charge < -0.3 is 4.57 Å². The third-order valence-electron chi connectivity index (χ3n) is 4.60. The number of carbonyl (C=O) groups is 3. The summed E-state index contributed by atoms with van der Waals surface area (Å²) < 4.78 is 1.93. The summed E-state index contributed by atoms with van der Waals surface area (Å²) in [6.45, 7) is 0.103. The highest BCUT2D eigenvalue weighted by Gasteiger charge is 2.35. The summed E-state index contributed by atoms with van der Waals surface area (Å²) in [7, 11) is 1.90.